The molecule has 16 heavy (non-hydrogen) atoms. The van der Waals surface area contributed by atoms with Gasteiger partial charge in [0.15, 0.2) is 0 Å². The van der Waals surface area contributed by atoms with E-state index in [0.29, 0.717) is 0 Å². The standard InChI is InChI=1S/C15H22S/c1-2-3-4-5-6-7-11-14-16-15-12-9-8-10-13-15/h3-4,8-10,12-13H,2,5-7,11,14H2,1H3/b4-3+. The minimum Gasteiger partial charge on any atom is -0.126 e. The molecule has 0 aromatic heterocycles. The fourth-order valence-electron chi connectivity index (χ4n) is 1.53. The van der Waals surface area contributed by atoms with Crippen molar-refractivity contribution in [1.82, 2.24) is 0 Å². The van der Waals surface area contributed by atoms with Gasteiger partial charge in [-0.15, -0.1) is 11.8 Å². The highest BCUT2D eigenvalue weighted by Gasteiger charge is 1.92. The van der Waals surface area contributed by atoms with Crippen molar-refractivity contribution in [3.05, 3.63) is 42.5 Å². The maximum absolute atomic E-state index is 2.31. The summed E-state index contributed by atoms with van der Waals surface area (Å²) in [5.41, 5.74) is 0. The Morgan fingerprint density at radius 2 is 1.81 bits per heavy atom. The van der Waals surface area contributed by atoms with Gasteiger partial charge >= 0.3 is 0 Å². The molecule has 0 heterocycles. The molecule has 0 aliphatic heterocycles. The van der Waals surface area contributed by atoms with Crippen LogP contribution in [-0.4, -0.2) is 5.75 Å². The molecule has 0 aliphatic rings. The van der Waals surface area contributed by atoms with Crippen molar-refractivity contribution in [2.75, 3.05) is 5.75 Å². The molecule has 1 heteroatoms. The molecule has 1 aromatic rings. The van der Waals surface area contributed by atoms with Crippen molar-refractivity contribution in [3.8, 4) is 0 Å². The molecule has 0 nitrogen and oxygen atoms in total. The van der Waals surface area contributed by atoms with Crippen molar-refractivity contribution in [1.29, 1.82) is 0 Å². The fraction of sp³-hybridized carbons (Fsp3) is 0.467. The van der Waals surface area contributed by atoms with Gasteiger partial charge in [-0.25, -0.2) is 0 Å². The summed E-state index contributed by atoms with van der Waals surface area (Å²) in [6.45, 7) is 2.19. The van der Waals surface area contributed by atoms with Gasteiger partial charge in [0.05, 0.1) is 0 Å². The molecule has 0 fully saturated rings. The van der Waals surface area contributed by atoms with E-state index in [2.05, 4.69) is 49.4 Å². The van der Waals surface area contributed by atoms with Crippen molar-refractivity contribution in [2.24, 2.45) is 0 Å². The average Bonchev–Trinajstić information content (AvgIpc) is 2.34. The van der Waals surface area contributed by atoms with Crippen LogP contribution >= 0.6 is 11.8 Å². The van der Waals surface area contributed by atoms with Crippen LogP contribution in [0.25, 0.3) is 0 Å². The molecular weight excluding hydrogens is 212 g/mol. The summed E-state index contributed by atoms with van der Waals surface area (Å²) in [5.74, 6) is 1.25. The summed E-state index contributed by atoms with van der Waals surface area (Å²) in [6.07, 6.45) is 11.0. The van der Waals surface area contributed by atoms with Crippen LogP contribution in [0.3, 0.4) is 0 Å². The van der Waals surface area contributed by atoms with Gasteiger partial charge in [-0.1, -0.05) is 43.7 Å². The predicted octanol–water partition coefficient (Wildman–Crippen LogP) is 5.31. The van der Waals surface area contributed by atoms with E-state index >= 15 is 0 Å². The number of hydrogen-bond donors (Lipinski definition) is 0. The highest BCUT2D eigenvalue weighted by Crippen LogP contribution is 2.18. The zero-order valence-corrected chi connectivity index (χ0v) is 11.0. The predicted molar refractivity (Wildman–Crippen MR) is 75.1 cm³/mol. The SMILES string of the molecule is CC/C=C/CCCCCSc1ccccc1. The second-order valence-electron chi connectivity index (χ2n) is 3.89. The molecule has 1 rings (SSSR count). The van der Waals surface area contributed by atoms with Crippen molar-refractivity contribution < 1.29 is 0 Å². The number of thioether (sulfide) groups is 1. The summed E-state index contributed by atoms with van der Waals surface area (Å²) >= 11 is 1.97. The zero-order chi connectivity index (χ0) is 11.5. The van der Waals surface area contributed by atoms with Crippen LogP contribution in [0.2, 0.25) is 0 Å². The van der Waals surface area contributed by atoms with E-state index in [4.69, 9.17) is 0 Å². The largest absolute Gasteiger partial charge is 0.126 e. The molecule has 88 valence electrons. The number of rotatable bonds is 8. The first-order valence-corrected chi connectivity index (χ1v) is 7.25. The second kappa shape index (κ2) is 9.53. The Balaban J connectivity index is 1.94. The Morgan fingerprint density at radius 3 is 2.56 bits per heavy atom. The summed E-state index contributed by atoms with van der Waals surface area (Å²) < 4.78 is 0. The lowest BCUT2D eigenvalue weighted by molar-refractivity contribution is 0.733. The molecule has 0 aliphatic carbocycles. The van der Waals surface area contributed by atoms with Gasteiger partial charge < -0.3 is 0 Å². The minimum atomic E-state index is 1.17. The third kappa shape index (κ3) is 6.73. The van der Waals surface area contributed by atoms with Gasteiger partial charge in [0.1, 0.15) is 0 Å². The zero-order valence-electron chi connectivity index (χ0n) is 10.2. The molecule has 0 amide bonds. The van der Waals surface area contributed by atoms with Crippen LogP contribution in [0.15, 0.2) is 47.4 Å². The lowest BCUT2D eigenvalue weighted by Crippen LogP contribution is -1.81. The molecule has 0 radical (unpaired) electrons. The van der Waals surface area contributed by atoms with Gasteiger partial charge in [0.25, 0.3) is 0 Å². The smallest absolute Gasteiger partial charge is 0.00719 e. The van der Waals surface area contributed by atoms with Crippen LogP contribution in [0.1, 0.15) is 39.0 Å². The van der Waals surface area contributed by atoms with Gasteiger partial charge in [0.2, 0.25) is 0 Å². The Labute approximate surface area is 104 Å². The molecule has 0 saturated heterocycles. The van der Waals surface area contributed by atoms with E-state index < -0.39 is 0 Å². The lowest BCUT2D eigenvalue weighted by atomic mass is 10.2. The van der Waals surface area contributed by atoms with Gasteiger partial charge in [-0.05, 0) is 43.6 Å². The molecule has 0 unspecified atom stereocenters. The Bertz CT molecular complexity index is 277. The Kier molecular flexibility index (Phi) is 7.97. The topological polar surface area (TPSA) is 0 Å². The summed E-state index contributed by atoms with van der Waals surface area (Å²) in [6, 6.07) is 10.7. The summed E-state index contributed by atoms with van der Waals surface area (Å²) in [4.78, 5) is 1.40. The van der Waals surface area contributed by atoms with E-state index in [1.165, 1.54) is 42.8 Å². The number of allylic oxidation sites excluding steroid dienone is 2. The third-order valence-electron chi connectivity index (χ3n) is 2.43. The number of benzene rings is 1. The third-order valence-corrected chi connectivity index (χ3v) is 3.53. The van der Waals surface area contributed by atoms with Crippen LogP contribution in [0.4, 0.5) is 0 Å². The van der Waals surface area contributed by atoms with E-state index in [0.717, 1.165) is 0 Å². The van der Waals surface area contributed by atoms with E-state index in [-0.39, 0.29) is 0 Å². The van der Waals surface area contributed by atoms with Crippen LogP contribution in [-0.2, 0) is 0 Å². The number of unbranched alkanes of at least 4 members (excludes halogenated alkanes) is 3. The normalized spacial score (nSPS) is 11.1. The van der Waals surface area contributed by atoms with Gasteiger partial charge in [-0.3, -0.25) is 0 Å². The molecule has 0 N–H and O–H groups in total. The first-order chi connectivity index (χ1) is 7.93. The van der Waals surface area contributed by atoms with Crippen LogP contribution < -0.4 is 0 Å². The van der Waals surface area contributed by atoms with Crippen molar-refractivity contribution >= 4 is 11.8 Å². The van der Waals surface area contributed by atoms with E-state index in [1.54, 1.807) is 0 Å². The summed E-state index contributed by atoms with van der Waals surface area (Å²) in [7, 11) is 0. The maximum atomic E-state index is 2.31. The summed E-state index contributed by atoms with van der Waals surface area (Å²) in [5, 5.41) is 0. The molecule has 0 spiro atoms. The van der Waals surface area contributed by atoms with Crippen molar-refractivity contribution in [2.45, 2.75) is 43.9 Å². The Morgan fingerprint density at radius 1 is 1.00 bits per heavy atom. The minimum absolute atomic E-state index is 1.17. The molecule has 0 saturated carbocycles. The molecule has 0 atom stereocenters. The monoisotopic (exact) mass is 234 g/mol. The molecule has 0 bridgehead atoms. The first kappa shape index (κ1) is 13.4. The fourth-order valence-corrected chi connectivity index (χ4v) is 2.47. The van der Waals surface area contributed by atoms with E-state index in [1.807, 2.05) is 11.8 Å². The van der Waals surface area contributed by atoms with Crippen molar-refractivity contribution in [3.63, 3.8) is 0 Å². The average molecular weight is 234 g/mol. The quantitative estimate of drug-likeness (QED) is 0.334. The highest BCUT2D eigenvalue weighted by molar-refractivity contribution is 7.99. The van der Waals surface area contributed by atoms with Crippen LogP contribution in [0.5, 0.6) is 0 Å². The number of hydrogen-bond acceptors (Lipinski definition) is 1. The molecular formula is C15H22S. The second-order valence-corrected chi connectivity index (χ2v) is 5.06. The van der Waals surface area contributed by atoms with E-state index in [9.17, 15) is 0 Å². The Hall–Kier alpha value is -0.690. The maximum Gasteiger partial charge on any atom is 0.00719 e. The van der Waals surface area contributed by atoms with Gasteiger partial charge in [-0.2, -0.15) is 0 Å². The van der Waals surface area contributed by atoms with Gasteiger partial charge in [0, 0.05) is 4.90 Å². The first-order valence-electron chi connectivity index (χ1n) is 6.26. The molecule has 1 aromatic carbocycles. The highest BCUT2D eigenvalue weighted by atomic mass is 32.2. The lowest BCUT2D eigenvalue weighted by Gasteiger charge is -2.00. The van der Waals surface area contributed by atoms with Crippen LogP contribution in [0, 0.1) is 0 Å².